The van der Waals surface area contributed by atoms with E-state index in [2.05, 4.69) is 5.32 Å². The van der Waals surface area contributed by atoms with E-state index in [-0.39, 0.29) is 12.6 Å². The standard InChI is InChI=1S/C13H19NO4/c1-9(14-8-13(2,17)12(15)16)10-6-4-5-7-11(10)18-3/h4-7,9,14,17H,8H2,1-3H3,(H,15,16)/t9-,13?/m1/s1. The lowest BCUT2D eigenvalue weighted by atomic mass is 10.0. The first-order valence-corrected chi connectivity index (χ1v) is 5.70. The summed E-state index contributed by atoms with van der Waals surface area (Å²) in [6.07, 6.45) is 0. The van der Waals surface area contributed by atoms with Crippen LogP contribution in [0.5, 0.6) is 5.75 Å². The SMILES string of the molecule is COc1ccccc1[C@@H](C)NCC(C)(O)C(=O)O. The van der Waals surface area contributed by atoms with Crippen LogP contribution in [0, 0.1) is 0 Å². The fraction of sp³-hybridized carbons (Fsp3) is 0.462. The lowest BCUT2D eigenvalue weighted by Gasteiger charge is -2.23. The maximum atomic E-state index is 10.8. The molecule has 1 aromatic carbocycles. The van der Waals surface area contributed by atoms with Gasteiger partial charge in [0.05, 0.1) is 7.11 Å². The normalized spacial score (nSPS) is 15.8. The molecule has 18 heavy (non-hydrogen) atoms. The number of ether oxygens (including phenoxy) is 1. The highest BCUT2D eigenvalue weighted by Gasteiger charge is 2.30. The molecule has 0 fully saturated rings. The van der Waals surface area contributed by atoms with Crippen LogP contribution in [-0.2, 0) is 4.79 Å². The summed E-state index contributed by atoms with van der Waals surface area (Å²) in [4.78, 5) is 10.8. The molecule has 0 aliphatic rings. The van der Waals surface area contributed by atoms with Gasteiger partial charge < -0.3 is 20.3 Å². The van der Waals surface area contributed by atoms with Crippen LogP contribution in [0.3, 0.4) is 0 Å². The molecule has 2 atom stereocenters. The van der Waals surface area contributed by atoms with Crippen LogP contribution in [0.25, 0.3) is 0 Å². The maximum Gasteiger partial charge on any atom is 0.336 e. The third kappa shape index (κ3) is 3.45. The molecule has 5 heteroatoms. The van der Waals surface area contributed by atoms with Crippen LogP contribution < -0.4 is 10.1 Å². The lowest BCUT2D eigenvalue weighted by Crippen LogP contribution is -2.45. The van der Waals surface area contributed by atoms with E-state index in [1.807, 2.05) is 31.2 Å². The Hall–Kier alpha value is -1.59. The Bertz CT molecular complexity index is 417. The van der Waals surface area contributed by atoms with Gasteiger partial charge in [0.2, 0.25) is 0 Å². The van der Waals surface area contributed by atoms with Crippen LogP contribution in [0.1, 0.15) is 25.5 Å². The fourth-order valence-electron chi connectivity index (χ4n) is 1.56. The zero-order valence-corrected chi connectivity index (χ0v) is 10.8. The van der Waals surface area contributed by atoms with Crippen LogP contribution in [0.2, 0.25) is 0 Å². The molecular formula is C13H19NO4. The van der Waals surface area contributed by atoms with Gasteiger partial charge in [0, 0.05) is 18.2 Å². The van der Waals surface area contributed by atoms with Gasteiger partial charge in [-0.25, -0.2) is 4.79 Å². The third-order valence-corrected chi connectivity index (χ3v) is 2.82. The second kappa shape index (κ2) is 5.84. The van der Waals surface area contributed by atoms with Crippen molar-refractivity contribution < 1.29 is 19.7 Å². The summed E-state index contributed by atoms with van der Waals surface area (Å²) in [7, 11) is 1.58. The summed E-state index contributed by atoms with van der Waals surface area (Å²) in [6.45, 7) is 3.11. The maximum absolute atomic E-state index is 10.8. The van der Waals surface area contributed by atoms with Crippen LogP contribution >= 0.6 is 0 Å². The van der Waals surface area contributed by atoms with Crippen molar-refractivity contribution in [3.63, 3.8) is 0 Å². The van der Waals surface area contributed by atoms with E-state index in [4.69, 9.17) is 9.84 Å². The quantitative estimate of drug-likeness (QED) is 0.709. The van der Waals surface area contributed by atoms with E-state index in [9.17, 15) is 9.90 Å². The molecule has 5 nitrogen and oxygen atoms in total. The van der Waals surface area contributed by atoms with Gasteiger partial charge >= 0.3 is 5.97 Å². The molecule has 100 valence electrons. The number of para-hydroxylation sites is 1. The number of methoxy groups -OCH3 is 1. The highest BCUT2D eigenvalue weighted by atomic mass is 16.5. The molecule has 0 aliphatic carbocycles. The molecule has 1 aromatic rings. The second-order valence-electron chi connectivity index (χ2n) is 4.42. The molecule has 0 radical (unpaired) electrons. The van der Waals surface area contributed by atoms with Gasteiger partial charge in [0.15, 0.2) is 5.60 Å². The van der Waals surface area contributed by atoms with E-state index in [1.54, 1.807) is 7.11 Å². The Morgan fingerprint density at radius 1 is 1.50 bits per heavy atom. The summed E-state index contributed by atoms with van der Waals surface area (Å²) in [5.74, 6) is -0.519. The van der Waals surface area contributed by atoms with Crippen molar-refractivity contribution in [3.8, 4) is 5.75 Å². The van der Waals surface area contributed by atoms with Gasteiger partial charge in [0.1, 0.15) is 5.75 Å². The van der Waals surface area contributed by atoms with E-state index in [0.29, 0.717) is 0 Å². The largest absolute Gasteiger partial charge is 0.496 e. The molecule has 0 amide bonds. The van der Waals surface area contributed by atoms with Crippen LogP contribution in [0.4, 0.5) is 0 Å². The monoisotopic (exact) mass is 253 g/mol. The molecule has 0 spiro atoms. The number of rotatable bonds is 6. The number of carboxylic acid groups (broad SMARTS) is 1. The number of carboxylic acids is 1. The molecule has 0 aliphatic heterocycles. The predicted octanol–water partition coefficient (Wildman–Crippen LogP) is 1.18. The molecule has 0 saturated heterocycles. The zero-order chi connectivity index (χ0) is 13.8. The van der Waals surface area contributed by atoms with Crippen molar-refractivity contribution in [3.05, 3.63) is 29.8 Å². The van der Waals surface area contributed by atoms with E-state index >= 15 is 0 Å². The molecule has 1 rings (SSSR count). The summed E-state index contributed by atoms with van der Waals surface area (Å²) >= 11 is 0. The van der Waals surface area contributed by atoms with Crippen LogP contribution in [0.15, 0.2) is 24.3 Å². The Kier molecular flexibility index (Phi) is 4.69. The lowest BCUT2D eigenvalue weighted by molar-refractivity contribution is -0.156. The van der Waals surface area contributed by atoms with Crippen molar-refractivity contribution in [2.24, 2.45) is 0 Å². The Labute approximate surface area is 106 Å². The van der Waals surface area contributed by atoms with E-state index < -0.39 is 11.6 Å². The second-order valence-corrected chi connectivity index (χ2v) is 4.42. The Balaban J connectivity index is 2.71. The van der Waals surface area contributed by atoms with Crippen molar-refractivity contribution in [1.82, 2.24) is 5.32 Å². The molecular weight excluding hydrogens is 234 g/mol. The number of hydrogen-bond acceptors (Lipinski definition) is 4. The Morgan fingerprint density at radius 3 is 2.67 bits per heavy atom. The fourth-order valence-corrected chi connectivity index (χ4v) is 1.56. The highest BCUT2D eigenvalue weighted by molar-refractivity contribution is 5.76. The van der Waals surface area contributed by atoms with Gasteiger partial charge in [-0.2, -0.15) is 0 Å². The molecule has 0 aromatic heterocycles. The van der Waals surface area contributed by atoms with Crippen molar-refractivity contribution in [1.29, 1.82) is 0 Å². The number of hydrogen-bond donors (Lipinski definition) is 3. The van der Waals surface area contributed by atoms with Gasteiger partial charge in [0.25, 0.3) is 0 Å². The number of aliphatic carboxylic acids is 1. The van der Waals surface area contributed by atoms with Crippen molar-refractivity contribution in [2.75, 3.05) is 13.7 Å². The van der Waals surface area contributed by atoms with Crippen LogP contribution in [-0.4, -0.2) is 35.4 Å². The highest BCUT2D eigenvalue weighted by Crippen LogP contribution is 2.24. The number of aliphatic hydroxyl groups is 1. The van der Waals surface area contributed by atoms with E-state index in [1.165, 1.54) is 6.92 Å². The molecule has 3 N–H and O–H groups in total. The van der Waals surface area contributed by atoms with Crippen molar-refractivity contribution in [2.45, 2.75) is 25.5 Å². The van der Waals surface area contributed by atoms with Gasteiger partial charge in [-0.15, -0.1) is 0 Å². The summed E-state index contributed by atoms with van der Waals surface area (Å²) < 4.78 is 5.23. The first kappa shape index (κ1) is 14.5. The molecule has 1 unspecified atom stereocenters. The minimum Gasteiger partial charge on any atom is -0.496 e. The van der Waals surface area contributed by atoms with E-state index in [0.717, 1.165) is 11.3 Å². The third-order valence-electron chi connectivity index (χ3n) is 2.82. The first-order chi connectivity index (χ1) is 8.38. The first-order valence-electron chi connectivity index (χ1n) is 5.70. The van der Waals surface area contributed by atoms with Crippen molar-refractivity contribution >= 4 is 5.97 Å². The zero-order valence-electron chi connectivity index (χ0n) is 10.8. The van der Waals surface area contributed by atoms with Gasteiger partial charge in [-0.05, 0) is 19.9 Å². The number of nitrogens with one attached hydrogen (secondary N) is 1. The molecule has 0 saturated carbocycles. The van der Waals surface area contributed by atoms with Gasteiger partial charge in [-0.1, -0.05) is 18.2 Å². The summed E-state index contributed by atoms with van der Waals surface area (Å²) in [6, 6.07) is 7.36. The minimum absolute atomic E-state index is 0.0401. The number of benzene rings is 1. The molecule has 0 heterocycles. The molecule has 0 bridgehead atoms. The smallest absolute Gasteiger partial charge is 0.336 e. The minimum atomic E-state index is -1.78. The topological polar surface area (TPSA) is 78.8 Å². The predicted molar refractivity (Wildman–Crippen MR) is 67.7 cm³/mol. The average Bonchev–Trinajstić information content (AvgIpc) is 2.35. The summed E-state index contributed by atoms with van der Waals surface area (Å²) in [5.41, 5.74) is -0.864. The summed E-state index contributed by atoms with van der Waals surface area (Å²) in [5, 5.41) is 21.4. The average molecular weight is 253 g/mol. The van der Waals surface area contributed by atoms with Gasteiger partial charge in [-0.3, -0.25) is 0 Å². The number of carbonyl (C=O) groups is 1. The Morgan fingerprint density at radius 2 is 2.11 bits per heavy atom.